The van der Waals surface area contributed by atoms with Crippen LogP contribution in [-0.2, 0) is 0 Å². The molecule has 0 aliphatic heterocycles. The van der Waals surface area contributed by atoms with Crippen molar-refractivity contribution < 1.29 is 8.83 Å². The second-order valence-corrected chi connectivity index (χ2v) is 15.2. The van der Waals surface area contributed by atoms with Crippen molar-refractivity contribution in [3.05, 3.63) is 182 Å². The lowest BCUT2D eigenvalue weighted by Crippen LogP contribution is -2.01. The van der Waals surface area contributed by atoms with Crippen LogP contribution in [0.15, 0.2) is 191 Å². The van der Waals surface area contributed by atoms with Crippen LogP contribution < -0.4 is 0 Å². The fourth-order valence-electron chi connectivity index (χ4n) is 9.01. The number of rotatable bonds is 4. The zero-order valence-corrected chi connectivity index (χ0v) is 31.4. The summed E-state index contributed by atoms with van der Waals surface area (Å²) in [7, 11) is 0. The summed E-state index contributed by atoms with van der Waals surface area (Å²) in [5.74, 6) is 1.70. The van der Waals surface area contributed by atoms with Gasteiger partial charge in [-0.1, -0.05) is 115 Å². The Bertz CT molecular complexity index is 3870. The zero-order valence-electron chi connectivity index (χ0n) is 31.4. The van der Waals surface area contributed by atoms with Gasteiger partial charge in [-0.25, -0.2) is 15.0 Å². The lowest BCUT2D eigenvalue weighted by atomic mass is 10.0. The van der Waals surface area contributed by atoms with E-state index in [-0.39, 0.29) is 0 Å². The van der Waals surface area contributed by atoms with Crippen molar-refractivity contribution in [2.45, 2.75) is 0 Å². The number of fused-ring (bicyclic) bond motifs is 11. The van der Waals surface area contributed by atoms with Gasteiger partial charge in [0.25, 0.3) is 0 Å². The lowest BCUT2D eigenvalue weighted by molar-refractivity contribution is 0.668. The maximum atomic E-state index is 6.71. The molecule has 0 saturated carbocycles. The van der Waals surface area contributed by atoms with Crippen LogP contribution in [0.1, 0.15) is 0 Å². The van der Waals surface area contributed by atoms with Gasteiger partial charge >= 0.3 is 0 Å². The number of para-hydroxylation sites is 3. The summed E-state index contributed by atoms with van der Waals surface area (Å²) >= 11 is 0. The molecule has 0 spiro atoms. The Morgan fingerprint density at radius 3 is 1.68 bits per heavy atom. The highest BCUT2D eigenvalue weighted by atomic mass is 16.3. The smallest absolute Gasteiger partial charge is 0.164 e. The zero-order chi connectivity index (χ0) is 38.6. The van der Waals surface area contributed by atoms with Crippen molar-refractivity contribution in [1.82, 2.24) is 19.5 Å². The van der Waals surface area contributed by atoms with E-state index >= 15 is 0 Å². The largest absolute Gasteiger partial charge is 0.456 e. The minimum absolute atomic E-state index is 0.546. The normalized spacial score (nSPS) is 12.1. The molecule has 0 N–H and O–H groups in total. The molecule has 0 unspecified atom stereocenters. The van der Waals surface area contributed by atoms with Gasteiger partial charge in [0.15, 0.2) is 17.5 Å². The maximum absolute atomic E-state index is 6.71. The van der Waals surface area contributed by atoms with Crippen LogP contribution in [0.4, 0.5) is 0 Å². The Kier molecular flexibility index (Phi) is 6.63. The van der Waals surface area contributed by atoms with Gasteiger partial charge in [0.05, 0.1) is 22.1 Å². The summed E-state index contributed by atoms with van der Waals surface area (Å²) in [4.78, 5) is 15.7. The third-order valence-corrected chi connectivity index (χ3v) is 11.8. The van der Waals surface area contributed by atoms with E-state index in [0.29, 0.717) is 17.5 Å². The standard InChI is InChI=1S/C53H30N4O2/c1-2-12-32-25-35(22-21-31(32)11-1)51-54-52(36-23-24-48-42(27-36)39-16-6-9-19-46(39)58-48)56-53(55-51)37-29-45(50-40-17-7-10-20-47(40)59-49(50)30-37)57-43-18-8-5-15-38(43)41-26-33-13-3-4-14-34(33)28-44(41)57/h1-30H. The second-order valence-electron chi connectivity index (χ2n) is 15.2. The molecule has 0 saturated heterocycles. The van der Waals surface area contributed by atoms with Crippen molar-refractivity contribution >= 4 is 87.2 Å². The lowest BCUT2D eigenvalue weighted by Gasteiger charge is -2.13. The van der Waals surface area contributed by atoms with Crippen LogP contribution >= 0.6 is 0 Å². The molecular weight excluding hydrogens is 725 g/mol. The van der Waals surface area contributed by atoms with Crippen LogP contribution in [0.3, 0.4) is 0 Å². The number of hydrogen-bond donors (Lipinski definition) is 0. The van der Waals surface area contributed by atoms with Crippen LogP contribution in [0.25, 0.3) is 127 Å². The predicted octanol–water partition coefficient (Wildman–Crippen LogP) is 14.1. The summed E-state index contributed by atoms with van der Waals surface area (Å²) in [5.41, 5.74) is 9.04. The molecule has 59 heavy (non-hydrogen) atoms. The predicted molar refractivity (Wildman–Crippen MR) is 240 cm³/mol. The SMILES string of the molecule is c1ccc2cc(-c3nc(-c4cc(-n5c6ccccc6c6cc7ccccc7cc65)c5c(c4)oc4ccccc45)nc(-c4ccc5oc6ccccc6c5c4)n3)ccc2c1. The van der Waals surface area contributed by atoms with E-state index in [0.717, 1.165) is 88.1 Å². The molecule has 274 valence electrons. The van der Waals surface area contributed by atoms with Gasteiger partial charge in [0.2, 0.25) is 0 Å². The molecule has 0 aliphatic rings. The first kappa shape index (κ1) is 32.0. The number of aromatic nitrogens is 4. The first-order valence-electron chi connectivity index (χ1n) is 19.8. The summed E-state index contributed by atoms with van der Waals surface area (Å²) in [6.45, 7) is 0. The van der Waals surface area contributed by atoms with E-state index in [1.165, 1.54) is 21.5 Å². The van der Waals surface area contributed by atoms with E-state index in [1.54, 1.807) is 0 Å². The highest BCUT2D eigenvalue weighted by Crippen LogP contribution is 2.42. The molecule has 4 aromatic heterocycles. The summed E-state index contributed by atoms with van der Waals surface area (Å²) in [6, 6.07) is 63.4. The summed E-state index contributed by atoms with van der Waals surface area (Å²) in [6.07, 6.45) is 0. The number of benzene rings is 9. The topological polar surface area (TPSA) is 69.9 Å². The first-order valence-corrected chi connectivity index (χ1v) is 19.8. The highest BCUT2D eigenvalue weighted by molar-refractivity contribution is 6.17. The molecule has 0 bridgehead atoms. The molecule has 0 amide bonds. The molecule has 6 nitrogen and oxygen atoms in total. The van der Waals surface area contributed by atoms with E-state index in [4.69, 9.17) is 23.8 Å². The van der Waals surface area contributed by atoms with Gasteiger partial charge in [0, 0.05) is 43.6 Å². The van der Waals surface area contributed by atoms with Gasteiger partial charge in [-0.2, -0.15) is 0 Å². The van der Waals surface area contributed by atoms with Crippen LogP contribution in [0.2, 0.25) is 0 Å². The van der Waals surface area contributed by atoms with Crippen LogP contribution in [0.5, 0.6) is 0 Å². The molecule has 0 radical (unpaired) electrons. The minimum atomic E-state index is 0.546. The molecule has 13 aromatic rings. The van der Waals surface area contributed by atoms with E-state index in [1.807, 2.05) is 42.5 Å². The maximum Gasteiger partial charge on any atom is 0.164 e. The van der Waals surface area contributed by atoms with Gasteiger partial charge < -0.3 is 13.4 Å². The summed E-state index contributed by atoms with van der Waals surface area (Å²) in [5, 5.41) is 11.2. The van der Waals surface area contributed by atoms with Gasteiger partial charge in [-0.05, 0) is 88.3 Å². The molecule has 0 aliphatic carbocycles. The molecule has 13 rings (SSSR count). The quantitative estimate of drug-likeness (QED) is 0.179. The number of hydrogen-bond acceptors (Lipinski definition) is 5. The number of furan rings is 2. The minimum Gasteiger partial charge on any atom is -0.456 e. The van der Waals surface area contributed by atoms with Gasteiger partial charge in [-0.15, -0.1) is 0 Å². The second kappa shape index (κ2) is 12.2. The van der Waals surface area contributed by atoms with Crippen molar-refractivity contribution in [3.63, 3.8) is 0 Å². The molecular formula is C53H30N4O2. The summed E-state index contributed by atoms with van der Waals surface area (Å²) < 4.78 is 15.3. The van der Waals surface area contributed by atoms with Gasteiger partial charge in [-0.3, -0.25) is 0 Å². The molecule has 4 heterocycles. The molecule has 6 heteroatoms. The molecule has 0 atom stereocenters. The third-order valence-electron chi connectivity index (χ3n) is 11.8. The van der Waals surface area contributed by atoms with E-state index < -0.39 is 0 Å². The fourth-order valence-corrected chi connectivity index (χ4v) is 9.01. The van der Waals surface area contributed by atoms with Gasteiger partial charge in [0.1, 0.15) is 22.3 Å². The Morgan fingerprint density at radius 2 is 0.881 bits per heavy atom. The highest BCUT2D eigenvalue weighted by Gasteiger charge is 2.22. The van der Waals surface area contributed by atoms with Crippen molar-refractivity contribution in [1.29, 1.82) is 0 Å². The van der Waals surface area contributed by atoms with Crippen LogP contribution in [-0.4, -0.2) is 19.5 Å². The van der Waals surface area contributed by atoms with Crippen molar-refractivity contribution in [2.24, 2.45) is 0 Å². The van der Waals surface area contributed by atoms with Crippen molar-refractivity contribution in [2.75, 3.05) is 0 Å². The average Bonchev–Trinajstić information content (AvgIpc) is 3.96. The molecule has 9 aromatic carbocycles. The molecule has 0 fully saturated rings. The Morgan fingerprint density at radius 1 is 0.322 bits per heavy atom. The average molecular weight is 755 g/mol. The third kappa shape index (κ3) is 4.90. The first-order chi connectivity index (χ1) is 29.2. The van der Waals surface area contributed by atoms with E-state index in [2.05, 4.69) is 144 Å². The fraction of sp³-hybridized carbons (Fsp3) is 0. The van der Waals surface area contributed by atoms with Crippen molar-refractivity contribution in [3.8, 4) is 39.9 Å². The van der Waals surface area contributed by atoms with E-state index in [9.17, 15) is 0 Å². The number of nitrogens with zero attached hydrogens (tertiary/aromatic N) is 4. The Balaban J connectivity index is 1.11. The van der Waals surface area contributed by atoms with Crippen LogP contribution in [0, 0.1) is 0 Å². The Hall–Kier alpha value is -8.09. The Labute approximate surface area is 336 Å². The monoisotopic (exact) mass is 754 g/mol.